The summed E-state index contributed by atoms with van der Waals surface area (Å²) in [5.74, 6) is 0.867. The maximum atomic E-state index is 12.8. The molecule has 6 N–H and O–H groups in total. The predicted molar refractivity (Wildman–Crippen MR) is 187 cm³/mol. The van der Waals surface area contributed by atoms with Gasteiger partial charge in [0.05, 0.1) is 37.2 Å². The lowest BCUT2D eigenvalue weighted by Crippen LogP contribution is -2.49. The van der Waals surface area contributed by atoms with Crippen molar-refractivity contribution >= 4 is 29.3 Å². The molecule has 2 aromatic carbocycles. The minimum absolute atomic E-state index is 0.224. The number of hydrogen-bond donors (Lipinski definition) is 6. The number of para-hydroxylation sites is 1. The van der Waals surface area contributed by atoms with E-state index < -0.39 is 49.1 Å². The number of aliphatic hydroxyl groups excluding tert-OH is 5. The molecule has 2 saturated carbocycles. The van der Waals surface area contributed by atoms with Gasteiger partial charge in [0.15, 0.2) is 5.16 Å². The maximum absolute atomic E-state index is 12.8. The molecule has 6 rings (SSSR count). The third-order valence-electron chi connectivity index (χ3n) is 8.97. The summed E-state index contributed by atoms with van der Waals surface area (Å²) < 4.78 is 14.5. The quantitative estimate of drug-likeness (QED) is 0.0880. The van der Waals surface area contributed by atoms with Crippen molar-refractivity contribution < 1.29 is 39.8 Å². The number of pyridine rings is 1. The lowest BCUT2D eigenvalue weighted by Gasteiger charge is -2.25. The molecule has 0 spiro atoms. The maximum Gasteiger partial charge on any atom is 0.269 e. The highest BCUT2D eigenvalue weighted by atomic mass is 35.5. The molecule has 50 heavy (non-hydrogen) atoms. The fraction of sp³-hybridized carbons (Fsp3) is 0.417. The molecule has 0 radical (unpaired) electrons. The van der Waals surface area contributed by atoms with E-state index in [1.54, 1.807) is 17.8 Å². The second-order valence-electron chi connectivity index (χ2n) is 12.7. The van der Waals surface area contributed by atoms with E-state index in [4.69, 9.17) is 26.2 Å². The van der Waals surface area contributed by atoms with Crippen LogP contribution in [0.4, 0.5) is 0 Å². The number of nitrogens with zero attached hydrogens (tertiary/aromatic N) is 3. The lowest BCUT2D eigenvalue weighted by atomic mass is 9.96. The largest absolute Gasteiger partial charge is 0.490 e. The molecular formula is C36H41ClN4O8S. The topological polar surface area (TPSA) is 179 Å². The second kappa shape index (κ2) is 15.8. The molecule has 0 bridgehead atoms. The summed E-state index contributed by atoms with van der Waals surface area (Å²) in [7, 11) is 1.69. The number of aliphatic hydroxyl groups is 5. The van der Waals surface area contributed by atoms with Gasteiger partial charge in [0.1, 0.15) is 29.8 Å². The van der Waals surface area contributed by atoms with Gasteiger partial charge in [-0.05, 0) is 60.6 Å². The summed E-state index contributed by atoms with van der Waals surface area (Å²) in [6.45, 7) is -0.878. The van der Waals surface area contributed by atoms with Crippen molar-refractivity contribution in [3.63, 3.8) is 0 Å². The first-order valence-electron chi connectivity index (χ1n) is 16.5. The van der Waals surface area contributed by atoms with Crippen LogP contribution in [0.2, 0.25) is 5.02 Å². The Labute approximate surface area is 299 Å². The van der Waals surface area contributed by atoms with E-state index in [-0.39, 0.29) is 11.8 Å². The number of carbonyl (C=O) groups is 1. The zero-order valence-electron chi connectivity index (χ0n) is 27.5. The van der Waals surface area contributed by atoms with E-state index in [0.29, 0.717) is 22.5 Å². The van der Waals surface area contributed by atoms with Crippen molar-refractivity contribution in [2.45, 2.75) is 79.3 Å². The predicted octanol–water partition coefficient (Wildman–Crippen LogP) is 3.34. The summed E-state index contributed by atoms with van der Waals surface area (Å²) in [5, 5.41) is 52.0. The van der Waals surface area contributed by atoms with Gasteiger partial charge in [-0.2, -0.15) is 0 Å². The molecular weight excluding hydrogens is 684 g/mol. The number of halogens is 1. The van der Waals surface area contributed by atoms with Gasteiger partial charge < -0.3 is 44.9 Å². The van der Waals surface area contributed by atoms with E-state index in [1.807, 2.05) is 48.7 Å². The molecule has 4 aromatic rings. The van der Waals surface area contributed by atoms with Crippen LogP contribution in [0, 0.1) is 0 Å². The number of aromatic nitrogens is 3. The Morgan fingerprint density at radius 1 is 1.06 bits per heavy atom. The Morgan fingerprint density at radius 2 is 1.82 bits per heavy atom. The molecule has 0 saturated heterocycles. The van der Waals surface area contributed by atoms with Gasteiger partial charge in [-0.3, -0.25) is 9.78 Å². The Balaban J connectivity index is 1.07. The first-order valence-corrected chi connectivity index (χ1v) is 17.8. The van der Waals surface area contributed by atoms with Crippen LogP contribution in [0.5, 0.6) is 5.75 Å². The molecule has 2 fully saturated rings. The summed E-state index contributed by atoms with van der Waals surface area (Å²) in [4.78, 5) is 21.6. The van der Waals surface area contributed by atoms with Crippen molar-refractivity contribution in [3.05, 3.63) is 94.5 Å². The minimum Gasteiger partial charge on any atom is -0.490 e. The smallest absolute Gasteiger partial charge is 0.269 e. The average molecular weight is 725 g/mol. The fourth-order valence-corrected chi connectivity index (χ4v) is 6.72. The molecule has 2 aromatic heterocycles. The zero-order chi connectivity index (χ0) is 35.4. The zero-order valence-corrected chi connectivity index (χ0v) is 29.1. The number of amides is 1. The van der Waals surface area contributed by atoms with E-state index in [2.05, 4.69) is 21.4 Å². The van der Waals surface area contributed by atoms with Gasteiger partial charge in [0.25, 0.3) is 5.91 Å². The van der Waals surface area contributed by atoms with Gasteiger partial charge in [-0.25, -0.2) is 4.98 Å². The fourth-order valence-electron chi connectivity index (χ4n) is 5.66. The molecule has 2 aliphatic carbocycles. The van der Waals surface area contributed by atoms with Gasteiger partial charge in [-0.1, -0.05) is 53.7 Å². The third kappa shape index (κ3) is 8.32. The monoisotopic (exact) mass is 724 g/mol. The second-order valence-corrected chi connectivity index (χ2v) is 14.1. The molecule has 2 heterocycles. The highest BCUT2D eigenvalue weighted by Crippen LogP contribution is 2.53. The van der Waals surface area contributed by atoms with Crippen molar-refractivity contribution in [2.75, 3.05) is 13.2 Å². The van der Waals surface area contributed by atoms with Crippen LogP contribution in [0.1, 0.15) is 52.9 Å². The number of thioether (sulfide) groups is 1. The summed E-state index contributed by atoms with van der Waals surface area (Å²) in [6.07, 6.45) is 2.51. The van der Waals surface area contributed by atoms with Crippen LogP contribution in [-0.4, -0.2) is 89.6 Å². The molecule has 1 amide bonds. The van der Waals surface area contributed by atoms with Crippen LogP contribution in [-0.2, 0) is 29.7 Å². The molecule has 14 heteroatoms. The standard InChI is InChI=1S/C36H41ClN4O8S/c1-41-28(34(47)39-17-29(43)32(45)33(46)30(44)18-42)16-40-35(41)50-20-21-6-9-27(37)22(14-21)19-48-36(11-12-36)26-15-38-13-10-24(26)25-4-2-3-5-31(25)49-23-7-8-23/h2-6,9-10,13-16,23,29-30,32-33,42-46H,7-8,11-12,17-20H2,1H3,(H,39,47). The van der Waals surface area contributed by atoms with Crippen molar-refractivity contribution in [1.82, 2.24) is 19.9 Å². The number of nitrogens with one attached hydrogen (secondary N) is 1. The van der Waals surface area contributed by atoms with Gasteiger partial charge in [-0.15, -0.1) is 0 Å². The van der Waals surface area contributed by atoms with E-state index in [0.717, 1.165) is 59.3 Å². The van der Waals surface area contributed by atoms with E-state index in [9.17, 15) is 25.2 Å². The summed E-state index contributed by atoms with van der Waals surface area (Å²) in [5.41, 5.74) is 4.73. The first-order chi connectivity index (χ1) is 24.1. The SMILES string of the molecule is Cn1c(C(=O)NCC(O)C(O)C(O)C(O)CO)cnc1SCc1ccc(Cl)c(COC2(c3cnccc3-c3ccccc3OC3CC3)CC2)c1. The van der Waals surface area contributed by atoms with Crippen LogP contribution in [0.15, 0.2) is 72.3 Å². The average Bonchev–Trinajstić information content (AvgIpc) is 4.08. The first kappa shape index (κ1) is 36.3. The van der Waals surface area contributed by atoms with E-state index >= 15 is 0 Å². The molecule has 4 unspecified atom stereocenters. The van der Waals surface area contributed by atoms with Crippen LogP contribution in [0.25, 0.3) is 11.1 Å². The van der Waals surface area contributed by atoms with Gasteiger partial charge in [0, 0.05) is 47.9 Å². The minimum atomic E-state index is -1.78. The Hall–Kier alpha value is -3.53. The van der Waals surface area contributed by atoms with Gasteiger partial charge in [0.2, 0.25) is 0 Å². The molecule has 266 valence electrons. The summed E-state index contributed by atoms with van der Waals surface area (Å²) >= 11 is 8.07. The third-order valence-corrected chi connectivity index (χ3v) is 10.5. The molecule has 2 aliphatic rings. The number of ether oxygens (including phenoxy) is 2. The normalized spacial score (nSPS) is 17.5. The van der Waals surface area contributed by atoms with Crippen molar-refractivity contribution in [3.8, 4) is 16.9 Å². The van der Waals surface area contributed by atoms with Crippen LogP contribution >= 0.6 is 23.4 Å². The number of carbonyl (C=O) groups excluding carboxylic acids is 1. The van der Waals surface area contributed by atoms with E-state index in [1.165, 1.54) is 18.0 Å². The highest BCUT2D eigenvalue weighted by molar-refractivity contribution is 7.98. The Bertz CT molecular complexity index is 1800. The van der Waals surface area contributed by atoms with Crippen molar-refractivity contribution in [2.24, 2.45) is 7.05 Å². The van der Waals surface area contributed by atoms with Crippen LogP contribution < -0.4 is 10.1 Å². The summed E-state index contributed by atoms with van der Waals surface area (Å²) in [6, 6.07) is 15.9. The van der Waals surface area contributed by atoms with Crippen LogP contribution in [0.3, 0.4) is 0 Å². The Morgan fingerprint density at radius 3 is 2.56 bits per heavy atom. The number of rotatable bonds is 17. The van der Waals surface area contributed by atoms with Crippen molar-refractivity contribution in [1.29, 1.82) is 0 Å². The molecule has 4 atom stereocenters. The highest BCUT2D eigenvalue weighted by Gasteiger charge is 2.48. The molecule has 0 aliphatic heterocycles. The number of imidazole rings is 1. The number of benzene rings is 2. The van der Waals surface area contributed by atoms with Gasteiger partial charge >= 0.3 is 0 Å². The number of hydrogen-bond acceptors (Lipinski definition) is 11. The Kier molecular flexibility index (Phi) is 11.5. The lowest BCUT2D eigenvalue weighted by molar-refractivity contribution is -0.113. The molecule has 12 nitrogen and oxygen atoms in total.